The molecule has 0 aliphatic carbocycles. The Hall–Kier alpha value is -3.93. The standard InChI is InChI=1S/C21H14FN3.CH2O2/c22-18-4-1-14(2-5-18)15-8-10-25-20(13-24-21(25)12-15)17-3-6-19-16(11-17)7-9-23-19;2-1-3/h1-13,23H;1H,(H,2,3). The molecule has 5 nitrogen and oxygen atoms in total. The van der Waals surface area contributed by atoms with Crippen molar-refractivity contribution in [2.24, 2.45) is 0 Å². The van der Waals surface area contributed by atoms with E-state index in [4.69, 9.17) is 9.90 Å². The largest absolute Gasteiger partial charge is 0.483 e. The van der Waals surface area contributed by atoms with Gasteiger partial charge in [-0.25, -0.2) is 9.37 Å². The Kier molecular flexibility index (Phi) is 4.60. The Labute approximate surface area is 159 Å². The molecule has 6 heteroatoms. The van der Waals surface area contributed by atoms with Gasteiger partial charge in [0.2, 0.25) is 0 Å². The molecule has 0 spiro atoms. The average molecular weight is 373 g/mol. The lowest BCUT2D eigenvalue weighted by Crippen LogP contribution is -1.89. The second-order valence-electron chi connectivity index (χ2n) is 6.18. The lowest BCUT2D eigenvalue weighted by Gasteiger charge is -2.05. The van der Waals surface area contributed by atoms with Gasteiger partial charge in [-0.2, -0.15) is 0 Å². The number of nitrogens with one attached hydrogen (secondary N) is 1. The normalized spacial score (nSPS) is 10.6. The molecule has 3 aromatic heterocycles. The number of carbonyl (C=O) groups is 1. The smallest absolute Gasteiger partial charge is 0.290 e. The average Bonchev–Trinajstić information content (AvgIpc) is 3.35. The highest BCUT2D eigenvalue weighted by Gasteiger charge is 2.08. The summed E-state index contributed by atoms with van der Waals surface area (Å²) in [6, 6.07) is 19.0. The van der Waals surface area contributed by atoms with E-state index in [0.29, 0.717) is 0 Å². The molecule has 0 radical (unpaired) electrons. The number of hydrogen-bond acceptors (Lipinski definition) is 2. The van der Waals surface area contributed by atoms with E-state index < -0.39 is 0 Å². The number of aromatic amines is 1. The van der Waals surface area contributed by atoms with E-state index in [2.05, 4.69) is 38.6 Å². The summed E-state index contributed by atoms with van der Waals surface area (Å²) in [6.45, 7) is -0.250. The SMILES string of the molecule is Fc1ccc(-c2ccn3c(-c4ccc5[nH]ccc5c4)cnc3c2)cc1.O=CO. The fourth-order valence-corrected chi connectivity index (χ4v) is 3.23. The Bertz CT molecular complexity index is 1260. The molecule has 0 atom stereocenters. The zero-order chi connectivity index (χ0) is 19.5. The second kappa shape index (κ2) is 7.36. The third-order valence-corrected chi connectivity index (χ3v) is 4.54. The van der Waals surface area contributed by atoms with E-state index in [1.807, 2.05) is 30.7 Å². The van der Waals surface area contributed by atoms with Crippen molar-refractivity contribution in [1.82, 2.24) is 14.4 Å². The summed E-state index contributed by atoms with van der Waals surface area (Å²) < 4.78 is 15.2. The first-order valence-corrected chi connectivity index (χ1v) is 8.58. The molecule has 0 amide bonds. The first-order chi connectivity index (χ1) is 13.7. The van der Waals surface area contributed by atoms with Crippen LogP contribution < -0.4 is 0 Å². The van der Waals surface area contributed by atoms with Gasteiger partial charge in [-0.15, -0.1) is 0 Å². The monoisotopic (exact) mass is 373 g/mol. The van der Waals surface area contributed by atoms with Gasteiger partial charge in [0.1, 0.15) is 11.5 Å². The van der Waals surface area contributed by atoms with Gasteiger partial charge in [0.25, 0.3) is 6.47 Å². The van der Waals surface area contributed by atoms with E-state index >= 15 is 0 Å². The van der Waals surface area contributed by atoms with Crippen LogP contribution in [0.1, 0.15) is 0 Å². The predicted molar refractivity (Wildman–Crippen MR) is 107 cm³/mol. The predicted octanol–water partition coefficient (Wildman–Crippen LogP) is 4.99. The number of hydrogen-bond donors (Lipinski definition) is 2. The van der Waals surface area contributed by atoms with Crippen LogP contribution in [0, 0.1) is 5.82 Å². The molecule has 2 N–H and O–H groups in total. The van der Waals surface area contributed by atoms with Gasteiger partial charge in [-0.05, 0) is 53.6 Å². The summed E-state index contributed by atoms with van der Waals surface area (Å²) in [4.78, 5) is 16.1. The van der Waals surface area contributed by atoms with E-state index in [0.717, 1.165) is 33.5 Å². The Balaban J connectivity index is 0.000000604. The van der Waals surface area contributed by atoms with Crippen molar-refractivity contribution < 1.29 is 14.3 Å². The lowest BCUT2D eigenvalue weighted by molar-refractivity contribution is -0.122. The molecule has 138 valence electrons. The number of nitrogens with zero attached hydrogens (tertiary/aromatic N) is 2. The zero-order valence-corrected chi connectivity index (χ0v) is 14.7. The highest BCUT2D eigenvalue weighted by atomic mass is 19.1. The fraction of sp³-hybridized carbons (Fsp3) is 0. The van der Waals surface area contributed by atoms with Crippen LogP contribution in [-0.4, -0.2) is 25.9 Å². The van der Waals surface area contributed by atoms with Crippen LogP contribution in [-0.2, 0) is 4.79 Å². The van der Waals surface area contributed by atoms with Crippen molar-refractivity contribution in [3.8, 4) is 22.4 Å². The van der Waals surface area contributed by atoms with Crippen LogP contribution in [0.5, 0.6) is 0 Å². The maximum absolute atomic E-state index is 13.1. The highest BCUT2D eigenvalue weighted by molar-refractivity contribution is 5.85. The van der Waals surface area contributed by atoms with Gasteiger partial charge >= 0.3 is 0 Å². The minimum absolute atomic E-state index is 0.229. The van der Waals surface area contributed by atoms with Gasteiger partial charge in [0.15, 0.2) is 0 Å². The topological polar surface area (TPSA) is 70.4 Å². The maximum Gasteiger partial charge on any atom is 0.290 e. The van der Waals surface area contributed by atoms with Gasteiger partial charge < -0.3 is 10.1 Å². The summed E-state index contributed by atoms with van der Waals surface area (Å²) in [5, 5.41) is 8.07. The van der Waals surface area contributed by atoms with Crippen molar-refractivity contribution in [2.45, 2.75) is 0 Å². The quantitative estimate of drug-likeness (QED) is 0.428. The van der Waals surface area contributed by atoms with Gasteiger partial charge in [0.05, 0.1) is 11.9 Å². The Morgan fingerprint density at radius 1 is 0.964 bits per heavy atom. The molecule has 0 bridgehead atoms. The zero-order valence-electron chi connectivity index (χ0n) is 14.7. The molecular formula is C22H16FN3O2. The van der Waals surface area contributed by atoms with Gasteiger partial charge in [0, 0.05) is 28.9 Å². The van der Waals surface area contributed by atoms with Crippen molar-refractivity contribution in [3.63, 3.8) is 0 Å². The van der Waals surface area contributed by atoms with Gasteiger partial charge in [-0.1, -0.05) is 18.2 Å². The number of halogens is 1. The lowest BCUT2D eigenvalue weighted by atomic mass is 10.1. The molecule has 3 heterocycles. The molecule has 5 rings (SSSR count). The third-order valence-electron chi connectivity index (χ3n) is 4.54. The molecular weight excluding hydrogens is 357 g/mol. The molecule has 0 saturated carbocycles. The van der Waals surface area contributed by atoms with Crippen molar-refractivity contribution in [3.05, 3.63) is 85.1 Å². The Morgan fingerprint density at radius 2 is 1.71 bits per heavy atom. The summed E-state index contributed by atoms with van der Waals surface area (Å²) in [7, 11) is 0. The van der Waals surface area contributed by atoms with E-state index in [9.17, 15) is 4.39 Å². The van der Waals surface area contributed by atoms with Crippen LogP contribution in [0.4, 0.5) is 4.39 Å². The number of pyridine rings is 1. The van der Waals surface area contributed by atoms with E-state index in [-0.39, 0.29) is 12.3 Å². The first kappa shape index (κ1) is 17.5. The van der Waals surface area contributed by atoms with Crippen LogP contribution in [0.3, 0.4) is 0 Å². The second-order valence-corrected chi connectivity index (χ2v) is 6.18. The highest BCUT2D eigenvalue weighted by Crippen LogP contribution is 2.27. The van der Waals surface area contributed by atoms with Crippen molar-refractivity contribution in [1.29, 1.82) is 0 Å². The number of fused-ring (bicyclic) bond motifs is 2. The summed E-state index contributed by atoms with van der Waals surface area (Å²) in [5.74, 6) is -0.229. The minimum Gasteiger partial charge on any atom is -0.483 e. The van der Waals surface area contributed by atoms with Crippen molar-refractivity contribution in [2.75, 3.05) is 0 Å². The van der Waals surface area contributed by atoms with Crippen LogP contribution in [0.25, 0.3) is 38.9 Å². The Morgan fingerprint density at radius 3 is 2.50 bits per heavy atom. The molecule has 28 heavy (non-hydrogen) atoms. The van der Waals surface area contributed by atoms with Crippen LogP contribution >= 0.6 is 0 Å². The summed E-state index contributed by atoms with van der Waals surface area (Å²) >= 11 is 0. The number of carboxylic acid groups (broad SMARTS) is 1. The molecule has 5 aromatic rings. The molecule has 2 aromatic carbocycles. The molecule has 0 aliphatic rings. The molecule has 0 fully saturated rings. The minimum atomic E-state index is -0.250. The number of imidazole rings is 1. The molecule has 0 saturated heterocycles. The number of aromatic nitrogens is 3. The third kappa shape index (κ3) is 3.23. The number of rotatable bonds is 2. The molecule has 0 aliphatic heterocycles. The van der Waals surface area contributed by atoms with E-state index in [1.54, 1.807) is 12.1 Å². The van der Waals surface area contributed by atoms with Crippen LogP contribution in [0.2, 0.25) is 0 Å². The molecule has 0 unspecified atom stereocenters. The fourth-order valence-electron chi connectivity index (χ4n) is 3.23. The summed E-state index contributed by atoms with van der Waals surface area (Å²) in [6.07, 6.45) is 5.84. The van der Waals surface area contributed by atoms with E-state index in [1.165, 1.54) is 17.5 Å². The first-order valence-electron chi connectivity index (χ1n) is 8.58. The summed E-state index contributed by atoms with van der Waals surface area (Å²) in [5.41, 5.74) is 6.15. The van der Waals surface area contributed by atoms with Gasteiger partial charge in [-0.3, -0.25) is 9.20 Å². The maximum atomic E-state index is 13.1. The number of H-pyrrole nitrogens is 1. The van der Waals surface area contributed by atoms with Crippen molar-refractivity contribution >= 4 is 23.0 Å². The van der Waals surface area contributed by atoms with Crippen LogP contribution in [0.15, 0.2) is 79.3 Å². The number of benzene rings is 2.